The van der Waals surface area contributed by atoms with Gasteiger partial charge in [-0.25, -0.2) is 8.78 Å². The van der Waals surface area contributed by atoms with Crippen molar-refractivity contribution in [2.45, 2.75) is 25.7 Å². The van der Waals surface area contributed by atoms with E-state index in [4.69, 9.17) is 0 Å². The van der Waals surface area contributed by atoms with Crippen LogP contribution < -0.4 is 5.32 Å². The summed E-state index contributed by atoms with van der Waals surface area (Å²) >= 11 is 0. The van der Waals surface area contributed by atoms with E-state index in [0.717, 1.165) is 18.4 Å². The van der Waals surface area contributed by atoms with Crippen LogP contribution >= 0.6 is 0 Å². The zero-order valence-electron chi connectivity index (χ0n) is 15.8. The molecule has 1 saturated heterocycles. The molecular formula is C22H24F2N2O2. The molecule has 2 aromatic rings. The number of nitrogens with zero attached hydrogens (tertiary/aromatic N) is 1. The van der Waals surface area contributed by atoms with Crippen LogP contribution in [0, 0.1) is 17.6 Å². The molecule has 1 aliphatic rings. The lowest BCUT2D eigenvalue weighted by molar-refractivity contribution is -0.124. The number of amides is 2. The standard InChI is InChI=1S/C22H24F2N2O2/c1-2-3-12-25-21(27)20-14-26(22(28)16-6-10-18(24)11-7-16)13-19(20)15-4-8-17(23)9-5-15/h4-11,19-20H,2-3,12-14H2,1H3,(H,25,27)/t19-,20+/m0/s1. The second kappa shape index (κ2) is 8.95. The number of halogens is 2. The zero-order valence-corrected chi connectivity index (χ0v) is 15.8. The van der Waals surface area contributed by atoms with Gasteiger partial charge in [-0.15, -0.1) is 0 Å². The van der Waals surface area contributed by atoms with Crippen molar-refractivity contribution < 1.29 is 18.4 Å². The van der Waals surface area contributed by atoms with Gasteiger partial charge in [0.1, 0.15) is 11.6 Å². The molecule has 2 amide bonds. The quantitative estimate of drug-likeness (QED) is 0.769. The van der Waals surface area contributed by atoms with Crippen molar-refractivity contribution >= 4 is 11.8 Å². The molecule has 0 aliphatic carbocycles. The first-order valence-electron chi connectivity index (χ1n) is 9.57. The van der Waals surface area contributed by atoms with Gasteiger partial charge in [0.05, 0.1) is 5.92 Å². The van der Waals surface area contributed by atoms with Crippen LogP contribution in [0.4, 0.5) is 8.78 Å². The molecule has 1 fully saturated rings. The van der Waals surface area contributed by atoms with Crippen molar-refractivity contribution in [1.29, 1.82) is 0 Å². The molecule has 0 aromatic heterocycles. The van der Waals surface area contributed by atoms with Crippen LogP contribution in [0.2, 0.25) is 0 Å². The van der Waals surface area contributed by atoms with Gasteiger partial charge in [-0.1, -0.05) is 25.5 Å². The van der Waals surface area contributed by atoms with E-state index in [0.29, 0.717) is 18.7 Å². The summed E-state index contributed by atoms with van der Waals surface area (Å²) in [5.74, 6) is -1.72. The van der Waals surface area contributed by atoms with Crippen molar-refractivity contribution in [1.82, 2.24) is 10.2 Å². The molecule has 0 bridgehead atoms. The van der Waals surface area contributed by atoms with Gasteiger partial charge in [-0.3, -0.25) is 9.59 Å². The van der Waals surface area contributed by atoms with Gasteiger partial charge in [0.2, 0.25) is 5.91 Å². The van der Waals surface area contributed by atoms with E-state index >= 15 is 0 Å². The molecule has 0 spiro atoms. The third-order valence-electron chi connectivity index (χ3n) is 5.16. The highest BCUT2D eigenvalue weighted by atomic mass is 19.1. The van der Waals surface area contributed by atoms with Gasteiger partial charge in [-0.2, -0.15) is 0 Å². The first-order valence-corrected chi connectivity index (χ1v) is 9.57. The Kier molecular flexibility index (Phi) is 6.39. The van der Waals surface area contributed by atoms with Crippen molar-refractivity contribution in [2.75, 3.05) is 19.6 Å². The van der Waals surface area contributed by atoms with Gasteiger partial charge in [0.25, 0.3) is 5.91 Å². The highest BCUT2D eigenvalue weighted by molar-refractivity contribution is 5.95. The molecule has 0 saturated carbocycles. The topological polar surface area (TPSA) is 49.4 Å². The lowest BCUT2D eigenvalue weighted by Crippen LogP contribution is -2.36. The van der Waals surface area contributed by atoms with Crippen molar-refractivity contribution in [3.05, 3.63) is 71.3 Å². The lowest BCUT2D eigenvalue weighted by atomic mass is 9.88. The van der Waals surface area contributed by atoms with Crippen LogP contribution in [0.15, 0.2) is 48.5 Å². The van der Waals surface area contributed by atoms with E-state index in [9.17, 15) is 18.4 Å². The van der Waals surface area contributed by atoms with Gasteiger partial charge in [0.15, 0.2) is 0 Å². The summed E-state index contributed by atoms with van der Waals surface area (Å²) in [5, 5.41) is 2.94. The molecular weight excluding hydrogens is 362 g/mol. The summed E-state index contributed by atoms with van der Waals surface area (Å²) in [6, 6.07) is 11.4. The van der Waals surface area contributed by atoms with Gasteiger partial charge in [-0.05, 0) is 48.4 Å². The Morgan fingerprint density at radius 2 is 1.61 bits per heavy atom. The van der Waals surface area contributed by atoms with Crippen molar-refractivity contribution in [3.8, 4) is 0 Å². The summed E-state index contributed by atoms with van der Waals surface area (Å²) in [7, 11) is 0. The minimum Gasteiger partial charge on any atom is -0.356 e. The van der Waals surface area contributed by atoms with Crippen LogP contribution in [0.3, 0.4) is 0 Å². The number of benzene rings is 2. The zero-order chi connectivity index (χ0) is 20.1. The lowest BCUT2D eigenvalue weighted by Gasteiger charge is -2.18. The number of carbonyl (C=O) groups excluding carboxylic acids is 2. The maximum Gasteiger partial charge on any atom is 0.253 e. The fourth-order valence-corrected chi connectivity index (χ4v) is 3.58. The largest absolute Gasteiger partial charge is 0.356 e. The summed E-state index contributed by atoms with van der Waals surface area (Å²) in [6.07, 6.45) is 1.86. The van der Waals surface area contributed by atoms with E-state index in [1.807, 2.05) is 6.92 Å². The molecule has 28 heavy (non-hydrogen) atoms. The van der Waals surface area contributed by atoms with Gasteiger partial charge in [0, 0.05) is 31.1 Å². The van der Waals surface area contributed by atoms with Crippen molar-refractivity contribution in [3.63, 3.8) is 0 Å². The molecule has 6 heteroatoms. The molecule has 0 unspecified atom stereocenters. The number of unbranched alkanes of at least 4 members (excludes halogenated alkanes) is 1. The van der Waals surface area contributed by atoms with Crippen LogP contribution in [0.25, 0.3) is 0 Å². The van der Waals surface area contributed by atoms with Crippen LogP contribution in [0.5, 0.6) is 0 Å². The Labute approximate surface area is 163 Å². The predicted molar refractivity (Wildman–Crippen MR) is 103 cm³/mol. The van der Waals surface area contributed by atoms with E-state index in [2.05, 4.69) is 5.32 Å². The Morgan fingerprint density at radius 1 is 1.00 bits per heavy atom. The number of hydrogen-bond acceptors (Lipinski definition) is 2. The van der Waals surface area contributed by atoms with E-state index in [-0.39, 0.29) is 30.1 Å². The Morgan fingerprint density at radius 3 is 2.21 bits per heavy atom. The monoisotopic (exact) mass is 386 g/mol. The van der Waals surface area contributed by atoms with E-state index < -0.39 is 11.7 Å². The smallest absolute Gasteiger partial charge is 0.253 e. The summed E-state index contributed by atoms with van der Waals surface area (Å²) in [6.45, 7) is 3.27. The number of likely N-dealkylation sites (tertiary alicyclic amines) is 1. The SMILES string of the molecule is CCCCNC(=O)[C@@H]1CN(C(=O)c2ccc(F)cc2)C[C@H]1c1ccc(F)cc1. The fraction of sp³-hybridized carbons (Fsp3) is 0.364. The minimum atomic E-state index is -0.410. The summed E-state index contributed by atoms with van der Waals surface area (Å²) in [5.41, 5.74) is 1.21. The average Bonchev–Trinajstić information content (AvgIpc) is 3.14. The third-order valence-corrected chi connectivity index (χ3v) is 5.16. The fourth-order valence-electron chi connectivity index (χ4n) is 3.58. The maximum atomic E-state index is 13.3. The number of hydrogen-bond donors (Lipinski definition) is 1. The normalized spacial score (nSPS) is 18.9. The molecule has 2 aromatic carbocycles. The first kappa shape index (κ1) is 20.0. The summed E-state index contributed by atoms with van der Waals surface area (Å²) < 4.78 is 26.5. The Bertz CT molecular complexity index is 821. The second-order valence-corrected chi connectivity index (χ2v) is 7.13. The second-order valence-electron chi connectivity index (χ2n) is 7.13. The van der Waals surface area contributed by atoms with Crippen molar-refractivity contribution in [2.24, 2.45) is 5.92 Å². The molecule has 4 nitrogen and oxygen atoms in total. The first-order chi connectivity index (χ1) is 13.5. The van der Waals surface area contributed by atoms with Crippen LogP contribution in [0.1, 0.15) is 41.6 Å². The highest BCUT2D eigenvalue weighted by Gasteiger charge is 2.40. The molecule has 3 rings (SSSR count). The molecule has 1 N–H and O–H groups in total. The minimum absolute atomic E-state index is 0.0998. The Balaban J connectivity index is 1.81. The molecule has 1 aliphatic heterocycles. The maximum absolute atomic E-state index is 13.3. The molecule has 2 atom stereocenters. The highest BCUT2D eigenvalue weighted by Crippen LogP contribution is 2.34. The number of carbonyl (C=O) groups is 2. The molecule has 1 heterocycles. The van der Waals surface area contributed by atoms with Crippen LogP contribution in [-0.4, -0.2) is 36.3 Å². The average molecular weight is 386 g/mol. The Hall–Kier alpha value is -2.76. The van der Waals surface area contributed by atoms with Gasteiger partial charge < -0.3 is 10.2 Å². The van der Waals surface area contributed by atoms with Crippen LogP contribution in [-0.2, 0) is 4.79 Å². The summed E-state index contributed by atoms with van der Waals surface area (Å²) in [4.78, 5) is 27.2. The number of rotatable bonds is 6. The van der Waals surface area contributed by atoms with E-state index in [1.54, 1.807) is 17.0 Å². The molecule has 0 radical (unpaired) electrons. The predicted octanol–water partition coefficient (Wildman–Crippen LogP) is 3.74. The number of nitrogens with one attached hydrogen (secondary N) is 1. The van der Waals surface area contributed by atoms with E-state index in [1.165, 1.54) is 36.4 Å². The third kappa shape index (κ3) is 4.55. The molecule has 148 valence electrons. The van der Waals surface area contributed by atoms with Gasteiger partial charge >= 0.3 is 0 Å².